The third kappa shape index (κ3) is 5.71. The summed E-state index contributed by atoms with van der Waals surface area (Å²) in [5.41, 5.74) is 4.37. The van der Waals surface area contributed by atoms with E-state index in [4.69, 9.17) is 9.31 Å². The molecule has 1 unspecified atom stereocenters. The van der Waals surface area contributed by atoms with Crippen LogP contribution >= 0.6 is 23.1 Å². The number of unbranched alkanes of at least 4 members (excludes halogenated alkanes) is 1. The average molecular weight is 565 g/mol. The van der Waals surface area contributed by atoms with E-state index in [0.29, 0.717) is 5.56 Å². The smallest absolute Gasteiger partial charge is 0.399 e. The van der Waals surface area contributed by atoms with E-state index in [1.165, 1.54) is 37.4 Å². The first kappa shape index (κ1) is 28.4. The molecule has 39 heavy (non-hydrogen) atoms. The van der Waals surface area contributed by atoms with E-state index in [-0.39, 0.29) is 5.82 Å². The summed E-state index contributed by atoms with van der Waals surface area (Å²) >= 11 is 2.77. The van der Waals surface area contributed by atoms with Crippen LogP contribution in [0.1, 0.15) is 79.2 Å². The molecule has 8 heteroatoms. The maximum Gasteiger partial charge on any atom is 0.497 e. The minimum atomic E-state index is -0.499. The second-order valence-corrected chi connectivity index (χ2v) is 13.3. The Hall–Kier alpha value is -2.13. The largest absolute Gasteiger partial charge is 0.497 e. The Morgan fingerprint density at radius 3 is 2.21 bits per heavy atom. The van der Waals surface area contributed by atoms with Crippen molar-refractivity contribution in [3.05, 3.63) is 53.8 Å². The summed E-state index contributed by atoms with van der Waals surface area (Å²) in [6, 6.07) is 13.9. The van der Waals surface area contributed by atoms with Crippen LogP contribution in [0.5, 0.6) is 0 Å². The number of halogens is 1. The first-order valence-electron chi connectivity index (χ1n) is 14.1. The molecule has 2 aromatic heterocycles. The molecule has 1 aliphatic heterocycles. The molecule has 206 valence electrons. The lowest BCUT2D eigenvalue weighted by atomic mass is 9.77. The van der Waals surface area contributed by atoms with Gasteiger partial charge in [-0.05, 0) is 70.2 Å². The molecular formula is C31H38BFN2O2S2. The lowest BCUT2D eigenvalue weighted by Gasteiger charge is -2.32. The lowest BCUT2D eigenvalue weighted by molar-refractivity contribution is 0.00578. The molecule has 3 heterocycles. The highest BCUT2D eigenvalue weighted by atomic mass is 32.1. The number of fused-ring (bicyclic) bond motifs is 1. The second-order valence-electron chi connectivity index (χ2n) is 11.7. The summed E-state index contributed by atoms with van der Waals surface area (Å²) < 4.78 is 37.1. The Morgan fingerprint density at radius 1 is 0.872 bits per heavy atom. The van der Waals surface area contributed by atoms with E-state index in [9.17, 15) is 0 Å². The number of rotatable bonds is 10. The van der Waals surface area contributed by atoms with Crippen molar-refractivity contribution in [2.24, 2.45) is 5.92 Å². The fraction of sp³-hybridized carbons (Fsp3) is 0.484. The molecule has 0 saturated carbocycles. The summed E-state index contributed by atoms with van der Waals surface area (Å²) in [7, 11) is -0.499. The lowest BCUT2D eigenvalue weighted by Crippen LogP contribution is -2.41. The van der Waals surface area contributed by atoms with E-state index >= 15 is 4.39 Å². The molecule has 1 fully saturated rings. The number of aryl methyl sites for hydroxylation is 1. The highest BCUT2D eigenvalue weighted by Gasteiger charge is 2.52. The van der Waals surface area contributed by atoms with Gasteiger partial charge in [-0.3, -0.25) is 0 Å². The number of nitrogens with zero attached hydrogens (tertiary/aromatic N) is 2. The summed E-state index contributed by atoms with van der Waals surface area (Å²) in [5.74, 6) is 0.569. The van der Waals surface area contributed by atoms with Crippen molar-refractivity contribution in [2.45, 2.75) is 91.3 Å². The number of aromatic nitrogens is 2. The SMILES string of the molecule is CCCCC(CC)CCc1ccc(-c2ccc(-c3ccc(B4OC(C)(C)C(C)(C)O4)c4nsnc34)s2)c(F)c1. The fourth-order valence-corrected chi connectivity index (χ4v) is 6.84. The second kappa shape index (κ2) is 11.4. The molecule has 1 atom stereocenters. The molecule has 1 saturated heterocycles. The Bertz CT molecular complexity index is 1430. The van der Waals surface area contributed by atoms with Crippen molar-refractivity contribution < 1.29 is 13.7 Å². The predicted molar refractivity (Wildman–Crippen MR) is 163 cm³/mol. The van der Waals surface area contributed by atoms with Gasteiger partial charge >= 0.3 is 7.12 Å². The molecule has 2 aromatic carbocycles. The molecular weight excluding hydrogens is 526 g/mol. The maximum absolute atomic E-state index is 15.3. The van der Waals surface area contributed by atoms with Gasteiger partial charge in [0.25, 0.3) is 0 Å². The minimum Gasteiger partial charge on any atom is -0.399 e. The highest BCUT2D eigenvalue weighted by molar-refractivity contribution is 7.19. The molecule has 5 rings (SSSR count). The van der Waals surface area contributed by atoms with Crippen LogP contribution in [0.4, 0.5) is 4.39 Å². The van der Waals surface area contributed by atoms with E-state index in [2.05, 4.69) is 40.8 Å². The number of hydrogen-bond donors (Lipinski definition) is 0. The van der Waals surface area contributed by atoms with Crippen LogP contribution in [-0.2, 0) is 15.7 Å². The topological polar surface area (TPSA) is 44.2 Å². The monoisotopic (exact) mass is 564 g/mol. The standard InChI is InChI=1S/C31H38BFN2O2S2/c1-7-9-10-20(8-2)11-12-21-13-14-22(25(33)19-21)26-17-18-27(38-26)23-15-16-24(29-28(23)34-39-35-29)32-36-30(3,4)31(5,6)37-32/h13-20H,7-12H2,1-6H3. The van der Waals surface area contributed by atoms with Gasteiger partial charge in [0.15, 0.2) is 0 Å². The molecule has 4 aromatic rings. The zero-order valence-electron chi connectivity index (χ0n) is 23.8. The molecule has 0 amide bonds. The van der Waals surface area contributed by atoms with E-state index in [1.807, 2.05) is 45.9 Å². The quantitative estimate of drug-likeness (QED) is 0.181. The molecule has 0 bridgehead atoms. The zero-order valence-corrected chi connectivity index (χ0v) is 25.5. The molecule has 1 aliphatic rings. The number of hydrogen-bond acceptors (Lipinski definition) is 6. The highest BCUT2D eigenvalue weighted by Crippen LogP contribution is 2.40. The number of benzene rings is 2. The predicted octanol–water partition coefficient (Wildman–Crippen LogP) is 8.67. The van der Waals surface area contributed by atoms with Crippen LogP contribution < -0.4 is 5.46 Å². The van der Waals surface area contributed by atoms with Gasteiger partial charge in [0, 0.05) is 26.3 Å². The Labute approximate surface area is 240 Å². The Kier molecular flexibility index (Phi) is 8.30. The third-order valence-corrected chi connectivity index (χ3v) is 10.2. The minimum absolute atomic E-state index is 0.154. The van der Waals surface area contributed by atoms with Gasteiger partial charge in [-0.2, -0.15) is 8.75 Å². The van der Waals surface area contributed by atoms with E-state index in [1.54, 1.807) is 17.4 Å². The van der Waals surface area contributed by atoms with Gasteiger partial charge in [-0.1, -0.05) is 63.8 Å². The molecule has 0 aliphatic carbocycles. The maximum atomic E-state index is 15.3. The van der Waals surface area contributed by atoms with Crippen molar-refractivity contribution >= 4 is 46.7 Å². The van der Waals surface area contributed by atoms with Crippen LogP contribution in [0.15, 0.2) is 42.5 Å². The van der Waals surface area contributed by atoms with Crippen LogP contribution in [0.2, 0.25) is 0 Å². The van der Waals surface area contributed by atoms with Crippen LogP contribution in [0.25, 0.3) is 31.9 Å². The van der Waals surface area contributed by atoms with Crippen LogP contribution in [0, 0.1) is 11.7 Å². The van der Waals surface area contributed by atoms with E-state index in [0.717, 1.165) is 56.1 Å². The number of thiophene rings is 1. The van der Waals surface area contributed by atoms with Crippen LogP contribution in [0.3, 0.4) is 0 Å². The summed E-state index contributed by atoms with van der Waals surface area (Å²) in [6.07, 6.45) is 7.02. The van der Waals surface area contributed by atoms with Crippen molar-refractivity contribution in [1.82, 2.24) is 8.75 Å². The van der Waals surface area contributed by atoms with Gasteiger partial charge in [-0.25, -0.2) is 4.39 Å². The van der Waals surface area contributed by atoms with Gasteiger partial charge < -0.3 is 9.31 Å². The van der Waals surface area contributed by atoms with Crippen molar-refractivity contribution in [3.8, 4) is 20.9 Å². The van der Waals surface area contributed by atoms with Crippen molar-refractivity contribution in [3.63, 3.8) is 0 Å². The van der Waals surface area contributed by atoms with Crippen molar-refractivity contribution in [1.29, 1.82) is 0 Å². The summed E-state index contributed by atoms with van der Waals surface area (Å²) in [4.78, 5) is 1.95. The molecule has 0 N–H and O–H groups in total. The first-order chi connectivity index (χ1) is 18.6. The molecule has 4 nitrogen and oxygen atoms in total. The average Bonchev–Trinajstić information content (AvgIpc) is 3.62. The van der Waals surface area contributed by atoms with Crippen LogP contribution in [-0.4, -0.2) is 27.1 Å². The first-order valence-corrected chi connectivity index (χ1v) is 15.7. The van der Waals surface area contributed by atoms with Crippen molar-refractivity contribution in [2.75, 3.05) is 0 Å². The Morgan fingerprint density at radius 2 is 1.54 bits per heavy atom. The summed E-state index contributed by atoms with van der Waals surface area (Å²) in [6.45, 7) is 12.7. The summed E-state index contributed by atoms with van der Waals surface area (Å²) in [5, 5.41) is 0. The van der Waals surface area contributed by atoms with Gasteiger partial charge in [0.05, 0.1) is 22.9 Å². The molecule has 0 spiro atoms. The normalized spacial score (nSPS) is 17.3. The van der Waals surface area contributed by atoms with Gasteiger partial charge in [-0.15, -0.1) is 11.3 Å². The van der Waals surface area contributed by atoms with Gasteiger partial charge in [0.2, 0.25) is 0 Å². The Balaban J connectivity index is 1.36. The van der Waals surface area contributed by atoms with Gasteiger partial charge in [0.1, 0.15) is 16.9 Å². The van der Waals surface area contributed by atoms with E-state index < -0.39 is 18.3 Å². The zero-order chi connectivity index (χ0) is 27.8. The molecule has 0 radical (unpaired) electrons. The third-order valence-electron chi connectivity index (χ3n) is 8.51. The fourth-order valence-electron chi connectivity index (χ4n) is 5.20.